The topological polar surface area (TPSA) is 77.5 Å². The molecular formula is C19H20N2O4S. The van der Waals surface area contributed by atoms with Crippen LogP contribution in [0.25, 0.3) is 10.9 Å². The van der Waals surface area contributed by atoms with Crippen molar-refractivity contribution in [2.24, 2.45) is 0 Å². The summed E-state index contributed by atoms with van der Waals surface area (Å²) in [6.07, 6.45) is 1.73. The van der Waals surface area contributed by atoms with E-state index < -0.39 is 10.0 Å². The first-order valence-corrected chi connectivity index (χ1v) is 9.60. The smallest absolute Gasteiger partial charge is 0.240 e. The maximum absolute atomic E-state index is 12.4. The second kappa shape index (κ2) is 7.72. The third-order valence-corrected chi connectivity index (χ3v) is 5.53. The Morgan fingerprint density at radius 1 is 1.08 bits per heavy atom. The highest BCUT2D eigenvalue weighted by molar-refractivity contribution is 7.89. The number of sulfonamides is 1. The summed E-state index contributed by atoms with van der Waals surface area (Å²) in [6.45, 7) is 2.12. The van der Waals surface area contributed by atoms with Gasteiger partial charge >= 0.3 is 0 Å². The monoisotopic (exact) mass is 372 g/mol. The van der Waals surface area contributed by atoms with Gasteiger partial charge in [0, 0.05) is 18.1 Å². The first-order chi connectivity index (χ1) is 12.5. The molecule has 1 N–H and O–H groups in total. The van der Waals surface area contributed by atoms with Gasteiger partial charge in [0.25, 0.3) is 0 Å². The molecule has 0 amide bonds. The second-order valence-electron chi connectivity index (χ2n) is 5.74. The maximum atomic E-state index is 12.4. The van der Waals surface area contributed by atoms with Gasteiger partial charge in [-0.1, -0.05) is 6.07 Å². The van der Waals surface area contributed by atoms with Gasteiger partial charge in [0.15, 0.2) is 0 Å². The van der Waals surface area contributed by atoms with Crippen LogP contribution in [0.2, 0.25) is 0 Å². The molecule has 7 heteroatoms. The van der Waals surface area contributed by atoms with Crippen LogP contribution in [0.4, 0.5) is 0 Å². The number of fused-ring (bicyclic) bond motifs is 1. The Labute approximate surface area is 152 Å². The molecule has 136 valence electrons. The Morgan fingerprint density at radius 2 is 1.88 bits per heavy atom. The molecule has 0 spiro atoms. The van der Waals surface area contributed by atoms with Crippen LogP contribution in [-0.4, -0.2) is 33.7 Å². The van der Waals surface area contributed by atoms with Crippen molar-refractivity contribution in [2.45, 2.75) is 11.8 Å². The zero-order chi connectivity index (χ0) is 18.6. The number of aromatic nitrogens is 1. The van der Waals surface area contributed by atoms with Crippen LogP contribution in [0, 0.1) is 6.92 Å². The highest BCUT2D eigenvalue weighted by Crippen LogP contribution is 2.21. The van der Waals surface area contributed by atoms with Crippen molar-refractivity contribution in [1.82, 2.24) is 9.71 Å². The first kappa shape index (κ1) is 18.2. The third kappa shape index (κ3) is 4.12. The third-order valence-electron chi connectivity index (χ3n) is 3.91. The van der Waals surface area contributed by atoms with E-state index in [1.54, 1.807) is 32.4 Å². The highest BCUT2D eigenvalue weighted by Gasteiger charge is 2.16. The molecule has 0 radical (unpaired) electrons. The number of hydrogen-bond donors (Lipinski definition) is 1. The maximum Gasteiger partial charge on any atom is 0.240 e. The Bertz CT molecular complexity index is 1020. The number of nitrogens with zero attached hydrogens (tertiary/aromatic N) is 1. The van der Waals surface area contributed by atoms with Gasteiger partial charge in [0.1, 0.15) is 18.1 Å². The van der Waals surface area contributed by atoms with Gasteiger partial charge in [0.2, 0.25) is 10.0 Å². The van der Waals surface area contributed by atoms with Crippen LogP contribution >= 0.6 is 0 Å². The van der Waals surface area contributed by atoms with Crippen LogP contribution in [0.15, 0.2) is 59.6 Å². The number of aryl methyl sites for hydroxylation is 1. The molecule has 2 aromatic carbocycles. The largest absolute Gasteiger partial charge is 0.497 e. The van der Waals surface area contributed by atoms with Crippen molar-refractivity contribution in [3.63, 3.8) is 0 Å². The predicted molar refractivity (Wildman–Crippen MR) is 100 cm³/mol. The Hall–Kier alpha value is -2.64. The lowest BCUT2D eigenvalue weighted by atomic mass is 10.2. The molecule has 0 atom stereocenters. The first-order valence-electron chi connectivity index (χ1n) is 8.11. The molecule has 26 heavy (non-hydrogen) atoms. The fourth-order valence-electron chi connectivity index (χ4n) is 2.62. The van der Waals surface area contributed by atoms with Crippen LogP contribution in [-0.2, 0) is 10.0 Å². The van der Waals surface area contributed by atoms with Crippen molar-refractivity contribution in [3.05, 3.63) is 60.3 Å². The van der Waals surface area contributed by atoms with Gasteiger partial charge < -0.3 is 9.47 Å². The predicted octanol–water partition coefficient (Wildman–Crippen LogP) is 2.91. The minimum atomic E-state index is -3.60. The van der Waals surface area contributed by atoms with Gasteiger partial charge in [-0.25, -0.2) is 13.1 Å². The van der Waals surface area contributed by atoms with Gasteiger partial charge in [-0.3, -0.25) is 4.98 Å². The Kier molecular flexibility index (Phi) is 5.39. The Balaban J connectivity index is 1.59. The molecule has 0 saturated heterocycles. The summed E-state index contributed by atoms with van der Waals surface area (Å²) in [7, 11) is -2.06. The molecule has 3 aromatic rings. The molecular weight excluding hydrogens is 352 g/mol. The molecule has 1 heterocycles. The number of rotatable bonds is 7. The van der Waals surface area contributed by atoms with Crippen LogP contribution < -0.4 is 14.2 Å². The standard InChI is InChI=1S/C19H20N2O4S/c1-14-12-16(24-2)6-8-19(14)26(22,23)21-10-11-25-17-5-7-18-15(13-17)4-3-9-20-18/h3-9,12-13,21H,10-11H2,1-2H3. The summed E-state index contributed by atoms with van der Waals surface area (Å²) in [4.78, 5) is 4.48. The summed E-state index contributed by atoms with van der Waals surface area (Å²) in [6, 6.07) is 14.2. The van der Waals surface area contributed by atoms with E-state index in [-0.39, 0.29) is 18.0 Å². The summed E-state index contributed by atoms with van der Waals surface area (Å²) in [5.74, 6) is 1.29. The number of nitrogens with one attached hydrogen (secondary N) is 1. The molecule has 0 bridgehead atoms. The van der Waals surface area contributed by atoms with Crippen LogP contribution in [0.1, 0.15) is 5.56 Å². The number of hydrogen-bond acceptors (Lipinski definition) is 5. The van der Waals surface area contributed by atoms with E-state index in [1.807, 2.05) is 30.3 Å². The van der Waals surface area contributed by atoms with Crippen molar-refractivity contribution in [1.29, 1.82) is 0 Å². The lowest BCUT2D eigenvalue weighted by Crippen LogP contribution is -2.28. The molecule has 0 unspecified atom stereocenters. The fourth-order valence-corrected chi connectivity index (χ4v) is 3.85. The van der Waals surface area contributed by atoms with Gasteiger partial charge in [-0.05, 0) is 55.0 Å². The number of ether oxygens (including phenoxy) is 2. The molecule has 0 saturated carbocycles. The zero-order valence-corrected chi connectivity index (χ0v) is 15.4. The van der Waals surface area contributed by atoms with Crippen LogP contribution in [0.5, 0.6) is 11.5 Å². The normalized spacial score (nSPS) is 11.5. The van der Waals surface area contributed by atoms with E-state index in [4.69, 9.17) is 9.47 Å². The fraction of sp³-hybridized carbons (Fsp3) is 0.211. The second-order valence-corrected chi connectivity index (χ2v) is 7.47. The highest BCUT2D eigenvalue weighted by atomic mass is 32.2. The van der Waals surface area contributed by atoms with E-state index in [0.29, 0.717) is 17.1 Å². The average molecular weight is 372 g/mol. The molecule has 0 aliphatic heterocycles. The number of methoxy groups -OCH3 is 1. The summed E-state index contributed by atoms with van der Waals surface area (Å²) in [5, 5.41) is 0.972. The van der Waals surface area contributed by atoms with Crippen molar-refractivity contribution >= 4 is 20.9 Å². The molecule has 0 aliphatic carbocycles. The summed E-state index contributed by atoms with van der Waals surface area (Å²) >= 11 is 0. The number of pyridine rings is 1. The average Bonchev–Trinajstić information content (AvgIpc) is 2.64. The minimum Gasteiger partial charge on any atom is -0.497 e. The van der Waals surface area contributed by atoms with E-state index in [9.17, 15) is 8.42 Å². The van der Waals surface area contributed by atoms with E-state index in [1.165, 1.54) is 6.07 Å². The van der Waals surface area contributed by atoms with Crippen molar-refractivity contribution in [2.75, 3.05) is 20.3 Å². The Morgan fingerprint density at radius 3 is 2.65 bits per heavy atom. The summed E-state index contributed by atoms with van der Waals surface area (Å²) < 4.78 is 38.1. The number of benzene rings is 2. The SMILES string of the molecule is COc1ccc(S(=O)(=O)NCCOc2ccc3ncccc3c2)c(C)c1. The van der Waals surface area contributed by atoms with Crippen molar-refractivity contribution < 1.29 is 17.9 Å². The van der Waals surface area contributed by atoms with Gasteiger partial charge in [0.05, 0.1) is 17.5 Å². The van der Waals surface area contributed by atoms with Crippen LogP contribution in [0.3, 0.4) is 0 Å². The quantitative estimate of drug-likeness (QED) is 0.645. The lowest BCUT2D eigenvalue weighted by Gasteiger charge is -2.11. The molecule has 3 rings (SSSR count). The van der Waals surface area contributed by atoms with Gasteiger partial charge in [-0.2, -0.15) is 0 Å². The summed E-state index contributed by atoms with van der Waals surface area (Å²) in [5.41, 5.74) is 1.51. The van der Waals surface area contributed by atoms with Crippen molar-refractivity contribution in [3.8, 4) is 11.5 Å². The molecule has 1 aromatic heterocycles. The van der Waals surface area contributed by atoms with Gasteiger partial charge in [-0.15, -0.1) is 0 Å². The van der Waals surface area contributed by atoms with E-state index in [2.05, 4.69) is 9.71 Å². The minimum absolute atomic E-state index is 0.166. The van der Waals surface area contributed by atoms with E-state index >= 15 is 0 Å². The van der Waals surface area contributed by atoms with E-state index in [0.717, 1.165) is 10.9 Å². The molecule has 6 nitrogen and oxygen atoms in total. The lowest BCUT2D eigenvalue weighted by molar-refractivity contribution is 0.323. The molecule has 0 aliphatic rings. The zero-order valence-electron chi connectivity index (χ0n) is 14.6. The molecule has 0 fully saturated rings.